The fourth-order valence-corrected chi connectivity index (χ4v) is 2.11. The summed E-state index contributed by atoms with van der Waals surface area (Å²) in [5.74, 6) is -0.153. The van der Waals surface area contributed by atoms with E-state index in [0.29, 0.717) is 16.7 Å². The molecule has 1 aromatic carbocycles. The minimum absolute atomic E-state index is 0.153. The fourth-order valence-electron chi connectivity index (χ4n) is 2.11. The van der Waals surface area contributed by atoms with Gasteiger partial charge >= 0.3 is 0 Å². The summed E-state index contributed by atoms with van der Waals surface area (Å²) in [5.41, 5.74) is 1.89. The molecule has 0 saturated carbocycles. The van der Waals surface area contributed by atoms with Crippen molar-refractivity contribution in [2.24, 2.45) is 0 Å². The molecule has 0 aliphatic rings. The minimum Gasteiger partial charge on any atom is -0.288 e. The van der Waals surface area contributed by atoms with Gasteiger partial charge in [0, 0.05) is 22.7 Å². The highest BCUT2D eigenvalue weighted by atomic mass is 16.1. The van der Waals surface area contributed by atoms with Crippen LogP contribution in [0.2, 0.25) is 0 Å². The molecule has 0 atom stereocenters. The van der Waals surface area contributed by atoms with Crippen molar-refractivity contribution < 1.29 is 4.79 Å². The average Bonchev–Trinajstić information content (AvgIpc) is 2.45. The second-order valence-corrected chi connectivity index (χ2v) is 5.64. The molecule has 2 aromatic rings. The van der Waals surface area contributed by atoms with E-state index in [-0.39, 0.29) is 11.2 Å². The van der Waals surface area contributed by atoms with Crippen LogP contribution in [0, 0.1) is 11.3 Å². The van der Waals surface area contributed by atoms with Crippen molar-refractivity contribution in [2.45, 2.75) is 26.2 Å². The van der Waals surface area contributed by atoms with Crippen molar-refractivity contribution in [2.75, 3.05) is 0 Å². The lowest BCUT2D eigenvalue weighted by Crippen LogP contribution is -2.19. The SMILES string of the molecule is CC(C)(C)c1ncccc1C(=O)c1ccccc1C#N. The zero-order chi connectivity index (χ0) is 14.8. The number of pyridine rings is 1. The molecule has 0 aliphatic carbocycles. The van der Waals surface area contributed by atoms with Crippen LogP contribution in [0.4, 0.5) is 0 Å². The minimum atomic E-state index is -0.228. The molecule has 0 unspecified atom stereocenters. The molecule has 3 heteroatoms. The number of benzene rings is 1. The number of nitrogens with zero attached hydrogens (tertiary/aromatic N) is 2. The molecule has 0 radical (unpaired) electrons. The van der Waals surface area contributed by atoms with Gasteiger partial charge in [-0.2, -0.15) is 5.26 Å². The van der Waals surface area contributed by atoms with Crippen LogP contribution in [0.25, 0.3) is 0 Å². The summed E-state index contributed by atoms with van der Waals surface area (Å²) in [6, 6.07) is 12.4. The van der Waals surface area contributed by atoms with E-state index in [1.54, 1.807) is 42.6 Å². The number of rotatable bonds is 2. The standard InChI is InChI=1S/C17H16N2O/c1-17(2,3)16-14(9-6-10-19-16)15(20)13-8-5-4-7-12(13)11-18/h4-10H,1-3H3. The monoisotopic (exact) mass is 264 g/mol. The maximum atomic E-state index is 12.7. The maximum Gasteiger partial charge on any atom is 0.196 e. The van der Waals surface area contributed by atoms with E-state index >= 15 is 0 Å². The number of nitriles is 1. The van der Waals surface area contributed by atoms with Crippen LogP contribution in [-0.2, 0) is 5.41 Å². The van der Waals surface area contributed by atoms with E-state index < -0.39 is 0 Å². The molecular weight excluding hydrogens is 248 g/mol. The zero-order valence-electron chi connectivity index (χ0n) is 11.8. The number of hydrogen-bond donors (Lipinski definition) is 0. The highest BCUT2D eigenvalue weighted by Gasteiger charge is 2.24. The molecule has 0 spiro atoms. The van der Waals surface area contributed by atoms with Crippen LogP contribution in [0.15, 0.2) is 42.6 Å². The van der Waals surface area contributed by atoms with Gasteiger partial charge < -0.3 is 0 Å². The van der Waals surface area contributed by atoms with Gasteiger partial charge in [0.15, 0.2) is 5.78 Å². The summed E-state index contributed by atoms with van der Waals surface area (Å²) in [6.45, 7) is 6.05. The molecule has 2 rings (SSSR count). The quantitative estimate of drug-likeness (QED) is 0.780. The molecule has 20 heavy (non-hydrogen) atoms. The first kappa shape index (κ1) is 14.0. The molecule has 0 bridgehead atoms. The Hall–Kier alpha value is -2.47. The van der Waals surface area contributed by atoms with Crippen molar-refractivity contribution in [1.82, 2.24) is 4.98 Å². The third kappa shape index (κ3) is 2.60. The second-order valence-electron chi connectivity index (χ2n) is 5.64. The highest BCUT2D eigenvalue weighted by molar-refractivity contribution is 6.11. The van der Waals surface area contributed by atoms with Gasteiger partial charge in [-0.05, 0) is 24.3 Å². The summed E-state index contributed by atoms with van der Waals surface area (Å²) in [7, 11) is 0. The number of hydrogen-bond acceptors (Lipinski definition) is 3. The summed E-state index contributed by atoms with van der Waals surface area (Å²) in [5, 5.41) is 9.13. The predicted molar refractivity (Wildman–Crippen MR) is 77.5 cm³/mol. The van der Waals surface area contributed by atoms with Crippen LogP contribution in [0.3, 0.4) is 0 Å². The zero-order valence-corrected chi connectivity index (χ0v) is 11.8. The van der Waals surface area contributed by atoms with E-state index in [9.17, 15) is 4.79 Å². The van der Waals surface area contributed by atoms with E-state index in [1.807, 2.05) is 20.8 Å². The fraction of sp³-hybridized carbons (Fsp3) is 0.235. The Labute approximate surface area is 118 Å². The van der Waals surface area contributed by atoms with Crippen molar-refractivity contribution in [3.05, 3.63) is 65.0 Å². The number of carbonyl (C=O) groups is 1. The van der Waals surface area contributed by atoms with Crippen LogP contribution in [0.5, 0.6) is 0 Å². The van der Waals surface area contributed by atoms with Gasteiger partial charge in [-0.1, -0.05) is 32.9 Å². The summed E-state index contributed by atoms with van der Waals surface area (Å²) < 4.78 is 0. The lowest BCUT2D eigenvalue weighted by Gasteiger charge is -2.20. The Morgan fingerprint density at radius 2 is 1.75 bits per heavy atom. The second kappa shape index (κ2) is 5.26. The van der Waals surface area contributed by atoms with Gasteiger partial charge in [-0.3, -0.25) is 9.78 Å². The van der Waals surface area contributed by atoms with Gasteiger partial charge in [-0.15, -0.1) is 0 Å². The van der Waals surface area contributed by atoms with Gasteiger partial charge in [-0.25, -0.2) is 0 Å². The molecule has 0 amide bonds. The third-order valence-electron chi connectivity index (χ3n) is 3.05. The average molecular weight is 264 g/mol. The summed E-state index contributed by atoms with van der Waals surface area (Å²) in [4.78, 5) is 17.1. The Morgan fingerprint density at radius 3 is 2.40 bits per heavy atom. The highest BCUT2D eigenvalue weighted by Crippen LogP contribution is 2.26. The molecule has 1 heterocycles. The van der Waals surface area contributed by atoms with Crippen molar-refractivity contribution in [3.63, 3.8) is 0 Å². The first-order chi connectivity index (χ1) is 9.45. The van der Waals surface area contributed by atoms with E-state index in [1.165, 1.54) is 0 Å². The van der Waals surface area contributed by atoms with Crippen LogP contribution >= 0.6 is 0 Å². The maximum absolute atomic E-state index is 12.7. The summed E-state index contributed by atoms with van der Waals surface area (Å²) >= 11 is 0. The van der Waals surface area contributed by atoms with Gasteiger partial charge in [0.1, 0.15) is 0 Å². The van der Waals surface area contributed by atoms with Crippen LogP contribution in [-0.4, -0.2) is 10.8 Å². The Balaban J connectivity index is 2.59. The molecule has 0 saturated heterocycles. The Bertz CT molecular complexity index is 691. The van der Waals surface area contributed by atoms with Gasteiger partial charge in [0.2, 0.25) is 0 Å². The topological polar surface area (TPSA) is 53.8 Å². The Morgan fingerprint density at radius 1 is 1.10 bits per heavy atom. The molecule has 0 fully saturated rings. The summed E-state index contributed by atoms with van der Waals surface area (Å²) in [6.07, 6.45) is 1.69. The van der Waals surface area contributed by atoms with Crippen LogP contribution < -0.4 is 0 Å². The first-order valence-electron chi connectivity index (χ1n) is 6.44. The molecule has 0 N–H and O–H groups in total. The van der Waals surface area contributed by atoms with Crippen molar-refractivity contribution in [3.8, 4) is 6.07 Å². The number of aromatic nitrogens is 1. The normalized spacial score (nSPS) is 10.9. The molecule has 3 nitrogen and oxygen atoms in total. The van der Waals surface area contributed by atoms with Crippen molar-refractivity contribution in [1.29, 1.82) is 5.26 Å². The molecular formula is C17H16N2O. The predicted octanol–water partition coefficient (Wildman–Crippen LogP) is 3.48. The third-order valence-corrected chi connectivity index (χ3v) is 3.05. The smallest absolute Gasteiger partial charge is 0.196 e. The molecule has 1 aromatic heterocycles. The Kier molecular flexibility index (Phi) is 3.67. The van der Waals surface area contributed by atoms with E-state index in [0.717, 1.165) is 5.69 Å². The van der Waals surface area contributed by atoms with Crippen molar-refractivity contribution >= 4 is 5.78 Å². The van der Waals surface area contributed by atoms with Gasteiger partial charge in [0.05, 0.1) is 17.3 Å². The molecule has 100 valence electrons. The molecule has 0 aliphatic heterocycles. The van der Waals surface area contributed by atoms with E-state index in [2.05, 4.69) is 11.1 Å². The first-order valence-corrected chi connectivity index (χ1v) is 6.44. The van der Waals surface area contributed by atoms with E-state index in [4.69, 9.17) is 5.26 Å². The van der Waals surface area contributed by atoms with Gasteiger partial charge in [0.25, 0.3) is 0 Å². The van der Waals surface area contributed by atoms with Crippen LogP contribution in [0.1, 0.15) is 48.0 Å². The lowest BCUT2D eigenvalue weighted by molar-refractivity contribution is 0.103. The lowest BCUT2D eigenvalue weighted by atomic mass is 9.85. The number of carbonyl (C=O) groups excluding carboxylic acids is 1. The largest absolute Gasteiger partial charge is 0.288 e. The number of ketones is 1.